The second-order valence-corrected chi connectivity index (χ2v) is 10.8. The fourth-order valence-corrected chi connectivity index (χ4v) is 7.19. The van der Waals surface area contributed by atoms with Crippen molar-refractivity contribution in [2.75, 3.05) is 0 Å². The van der Waals surface area contributed by atoms with Crippen LogP contribution in [-0.2, 0) is 6.42 Å². The van der Waals surface area contributed by atoms with Gasteiger partial charge < -0.3 is 4.57 Å². The van der Waals surface area contributed by atoms with E-state index < -0.39 is 0 Å². The maximum Gasteiger partial charge on any atom is 0.0616 e. The lowest BCUT2D eigenvalue weighted by Crippen LogP contribution is -2.05. The third kappa shape index (κ3) is 2.85. The van der Waals surface area contributed by atoms with Crippen LogP contribution in [0, 0.1) is 0 Å². The van der Waals surface area contributed by atoms with Crippen molar-refractivity contribution < 1.29 is 0 Å². The van der Waals surface area contributed by atoms with E-state index in [0.717, 1.165) is 12.8 Å². The van der Waals surface area contributed by atoms with Crippen LogP contribution in [-0.4, -0.2) is 4.57 Å². The van der Waals surface area contributed by atoms with Crippen molar-refractivity contribution in [2.24, 2.45) is 0 Å². The molecular formula is C38H25N. The van der Waals surface area contributed by atoms with Crippen molar-refractivity contribution in [1.29, 1.82) is 0 Å². The molecule has 6 aromatic carbocycles. The van der Waals surface area contributed by atoms with Gasteiger partial charge in [0, 0.05) is 27.7 Å². The number of fused-ring (bicyclic) bond motifs is 8. The van der Waals surface area contributed by atoms with E-state index in [1.165, 1.54) is 82.8 Å². The first-order valence-corrected chi connectivity index (χ1v) is 13.8. The van der Waals surface area contributed by atoms with Crippen molar-refractivity contribution in [3.05, 3.63) is 138 Å². The molecule has 1 heterocycles. The van der Waals surface area contributed by atoms with Gasteiger partial charge in [0.05, 0.1) is 5.52 Å². The van der Waals surface area contributed by atoms with Gasteiger partial charge in [0.2, 0.25) is 0 Å². The molecule has 1 heteroatoms. The van der Waals surface area contributed by atoms with E-state index in [2.05, 4.69) is 132 Å². The van der Waals surface area contributed by atoms with E-state index >= 15 is 0 Å². The third-order valence-corrected chi connectivity index (χ3v) is 8.85. The molecule has 0 saturated carbocycles. The molecule has 0 amide bonds. The average Bonchev–Trinajstić information content (AvgIpc) is 3.52. The van der Waals surface area contributed by atoms with Crippen LogP contribution in [0.4, 0.5) is 0 Å². The number of para-hydroxylation sites is 1. The summed E-state index contributed by atoms with van der Waals surface area (Å²) in [5.74, 6) is 0. The zero-order valence-electron chi connectivity index (χ0n) is 21.5. The van der Waals surface area contributed by atoms with Gasteiger partial charge in [-0.15, -0.1) is 0 Å². The van der Waals surface area contributed by atoms with Crippen LogP contribution in [0.3, 0.4) is 0 Å². The van der Waals surface area contributed by atoms with E-state index in [-0.39, 0.29) is 0 Å². The molecule has 2 aliphatic carbocycles. The summed E-state index contributed by atoms with van der Waals surface area (Å²) in [5, 5.41) is 6.71. The second kappa shape index (κ2) is 7.82. The lowest BCUT2D eigenvalue weighted by atomic mass is 9.87. The van der Waals surface area contributed by atoms with Gasteiger partial charge in [-0.05, 0) is 80.6 Å². The van der Waals surface area contributed by atoms with Crippen molar-refractivity contribution >= 4 is 44.1 Å². The number of benzene rings is 6. The van der Waals surface area contributed by atoms with Crippen LogP contribution in [0.5, 0.6) is 0 Å². The first-order chi connectivity index (χ1) is 19.4. The lowest BCUT2D eigenvalue weighted by Gasteiger charge is -2.19. The molecule has 0 atom stereocenters. The Balaban J connectivity index is 1.32. The van der Waals surface area contributed by atoms with Gasteiger partial charge in [-0.25, -0.2) is 0 Å². The van der Waals surface area contributed by atoms with Gasteiger partial charge in [0.15, 0.2) is 0 Å². The molecular weight excluding hydrogens is 470 g/mol. The van der Waals surface area contributed by atoms with E-state index in [1.54, 1.807) is 0 Å². The van der Waals surface area contributed by atoms with Gasteiger partial charge in [-0.3, -0.25) is 0 Å². The highest BCUT2D eigenvalue weighted by Gasteiger charge is 2.26. The fraction of sp³-hybridized carbons (Fsp3) is 0.0526. The molecule has 7 aromatic rings. The van der Waals surface area contributed by atoms with Gasteiger partial charge in [0.1, 0.15) is 0 Å². The van der Waals surface area contributed by atoms with Crippen LogP contribution in [0.15, 0.2) is 121 Å². The number of allylic oxidation sites excluding steroid dienone is 1. The Hall–Kier alpha value is -4.88. The van der Waals surface area contributed by atoms with Crippen LogP contribution in [0.25, 0.3) is 72.0 Å². The highest BCUT2D eigenvalue weighted by molar-refractivity contribution is 6.19. The van der Waals surface area contributed by atoms with Gasteiger partial charge >= 0.3 is 0 Å². The fourth-order valence-electron chi connectivity index (χ4n) is 7.19. The Morgan fingerprint density at radius 1 is 0.462 bits per heavy atom. The lowest BCUT2D eigenvalue weighted by molar-refractivity contribution is 0.900. The van der Waals surface area contributed by atoms with Gasteiger partial charge in [-0.1, -0.05) is 109 Å². The summed E-state index contributed by atoms with van der Waals surface area (Å²) in [5.41, 5.74) is 13.6. The predicted octanol–water partition coefficient (Wildman–Crippen LogP) is 10.1. The standard InChI is InChI=1S/C38H25N/c1-2-10-26(11-3-1)39-36-22-18-25(23-35(36)34-19-17-24-9-4-5-12-28(24)38(34)39)27-20-21-33-30-14-7-6-13-29(30)32-16-8-15-31(27)37(32)33/h1-17,19-21,23H,18,22H2. The summed E-state index contributed by atoms with van der Waals surface area (Å²) in [6.07, 6.45) is 4.53. The summed E-state index contributed by atoms with van der Waals surface area (Å²) >= 11 is 0. The smallest absolute Gasteiger partial charge is 0.0616 e. The minimum atomic E-state index is 1.02. The Kier molecular flexibility index (Phi) is 4.23. The van der Waals surface area contributed by atoms with E-state index in [9.17, 15) is 0 Å². The number of rotatable bonds is 2. The van der Waals surface area contributed by atoms with E-state index in [4.69, 9.17) is 0 Å². The largest absolute Gasteiger partial charge is 0.312 e. The summed E-state index contributed by atoms with van der Waals surface area (Å²) in [6.45, 7) is 0. The first kappa shape index (κ1) is 21.1. The number of nitrogens with zero attached hydrogens (tertiary/aromatic N) is 1. The number of hydrogen-bond acceptors (Lipinski definition) is 0. The second-order valence-electron chi connectivity index (χ2n) is 10.8. The summed E-state index contributed by atoms with van der Waals surface area (Å²) < 4.78 is 2.52. The highest BCUT2D eigenvalue weighted by Crippen LogP contribution is 2.49. The maximum absolute atomic E-state index is 2.52. The van der Waals surface area contributed by atoms with Crippen molar-refractivity contribution in [3.63, 3.8) is 0 Å². The molecule has 0 bridgehead atoms. The normalized spacial score (nSPS) is 13.6. The molecule has 0 aliphatic heterocycles. The topological polar surface area (TPSA) is 4.93 Å². The zero-order chi connectivity index (χ0) is 25.5. The highest BCUT2D eigenvalue weighted by atomic mass is 15.0. The van der Waals surface area contributed by atoms with Crippen molar-refractivity contribution in [1.82, 2.24) is 4.57 Å². The van der Waals surface area contributed by atoms with Crippen molar-refractivity contribution in [2.45, 2.75) is 12.8 Å². The molecule has 9 rings (SSSR count). The molecule has 0 radical (unpaired) electrons. The molecule has 1 aromatic heterocycles. The Labute approximate surface area is 227 Å². The monoisotopic (exact) mass is 495 g/mol. The van der Waals surface area contributed by atoms with Crippen LogP contribution >= 0.6 is 0 Å². The van der Waals surface area contributed by atoms with E-state index in [1.807, 2.05) is 0 Å². The van der Waals surface area contributed by atoms with Crippen molar-refractivity contribution in [3.8, 4) is 27.9 Å². The molecule has 0 unspecified atom stereocenters. The molecule has 1 nitrogen and oxygen atoms in total. The third-order valence-electron chi connectivity index (χ3n) is 8.85. The van der Waals surface area contributed by atoms with Gasteiger partial charge in [0.25, 0.3) is 0 Å². The van der Waals surface area contributed by atoms with Crippen LogP contribution < -0.4 is 0 Å². The summed E-state index contributed by atoms with van der Waals surface area (Å²) in [6, 6.07) is 44.7. The quantitative estimate of drug-likeness (QED) is 0.225. The molecule has 0 saturated heterocycles. The molecule has 0 spiro atoms. The Morgan fingerprint density at radius 3 is 2.03 bits per heavy atom. The van der Waals surface area contributed by atoms with Crippen LogP contribution in [0.2, 0.25) is 0 Å². The summed E-state index contributed by atoms with van der Waals surface area (Å²) in [7, 11) is 0. The Morgan fingerprint density at radius 2 is 1.15 bits per heavy atom. The first-order valence-electron chi connectivity index (χ1n) is 13.8. The molecule has 0 N–H and O–H groups in total. The van der Waals surface area contributed by atoms with Crippen LogP contribution in [0.1, 0.15) is 23.2 Å². The van der Waals surface area contributed by atoms with E-state index in [0.29, 0.717) is 0 Å². The number of hydrogen-bond donors (Lipinski definition) is 0. The zero-order valence-corrected chi connectivity index (χ0v) is 21.5. The molecule has 0 fully saturated rings. The average molecular weight is 496 g/mol. The Bertz CT molecular complexity index is 2130. The SMILES string of the molecule is C1=C(c2ccc3c4c(cccc24)-c2ccccc2-3)CCc2c1c1ccc3ccccc3c1n2-c1ccccc1. The van der Waals surface area contributed by atoms with Gasteiger partial charge in [-0.2, -0.15) is 0 Å². The molecule has 2 aliphatic rings. The predicted molar refractivity (Wildman–Crippen MR) is 165 cm³/mol. The summed E-state index contributed by atoms with van der Waals surface area (Å²) in [4.78, 5) is 0. The maximum atomic E-state index is 2.52. The molecule has 39 heavy (non-hydrogen) atoms. The minimum Gasteiger partial charge on any atom is -0.312 e. The molecule has 182 valence electrons. The minimum absolute atomic E-state index is 1.02. The number of aromatic nitrogens is 1.